The molecule has 1 atom stereocenters. The van der Waals surface area contributed by atoms with Crippen LogP contribution in [0.25, 0.3) is 0 Å². The second kappa shape index (κ2) is 6.64. The van der Waals surface area contributed by atoms with Gasteiger partial charge >= 0.3 is 6.09 Å². The van der Waals surface area contributed by atoms with Crippen LogP contribution in [0.15, 0.2) is 0 Å². The van der Waals surface area contributed by atoms with Crippen LogP contribution in [0.4, 0.5) is 4.79 Å². The Bertz CT molecular complexity index is 97.6. The first-order valence-electron chi connectivity index (χ1n) is 2.80. The Morgan fingerprint density at radius 1 is 1.70 bits per heavy atom. The van der Waals surface area contributed by atoms with Crippen LogP contribution in [0.1, 0.15) is 13.3 Å². The van der Waals surface area contributed by atoms with E-state index in [-0.39, 0.29) is 18.4 Å². The van der Waals surface area contributed by atoms with Gasteiger partial charge in [-0.25, -0.2) is 4.79 Å². The van der Waals surface area contributed by atoms with E-state index in [9.17, 15) is 4.79 Å². The number of carbonyl (C=O) groups excluding carboxylic acids is 1. The molecule has 0 fully saturated rings. The maximum atomic E-state index is 9.94. The fourth-order valence-electron chi connectivity index (χ4n) is 0.345. The van der Waals surface area contributed by atoms with Gasteiger partial charge < -0.3 is 16.2 Å². The van der Waals surface area contributed by atoms with Gasteiger partial charge in [0.2, 0.25) is 0 Å². The minimum atomic E-state index is -0.740. The Kier molecular flexibility index (Phi) is 8.11. The number of halogens is 1. The van der Waals surface area contributed by atoms with Crippen LogP contribution in [0, 0.1) is 0 Å². The zero-order chi connectivity index (χ0) is 7.28. The summed E-state index contributed by atoms with van der Waals surface area (Å²) in [5.74, 6) is 0. The number of carbonyl (C=O) groups is 1. The summed E-state index contributed by atoms with van der Waals surface area (Å²) in [5, 5.41) is 0. The Labute approximate surface area is 66.3 Å². The third kappa shape index (κ3) is 10.5. The van der Waals surface area contributed by atoms with E-state index in [1.165, 1.54) is 0 Å². The van der Waals surface area contributed by atoms with Gasteiger partial charge in [0.15, 0.2) is 0 Å². The molecule has 1 unspecified atom stereocenters. The number of primary amides is 1. The number of ether oxygens (including phenoxy) is 1. The lowest BCUT2D eigenvalue weighted by Gasteiger charge is -2.02. The van der Waals surface area contributed by atoms with Crippen LogP contribution in [-0.2, 0) is 4.74 Å². The van der Waals surface area contributed by atoms with Crippen LogP contribution in [0.5, 0.6) is 0 Å². The van der Waals surface area contributed by atoms with Crippen molar-refractivity contribution >= 4 is 18.5 Å². The van der Waals surface area contributed by atoms with Gasteiger partial charge in [0, 0.05) is 6.04 Å². The largest absolute Gasteiger partial charge is 0.450 e. The highest BCUT2D eigenvalue weighted by atomic mass is 35.5. The predicted molar refractivity (Wildman–Crippen MR) is 41.0 cm³/mol. The van der Waals surface area contributed by atoms with Crippen LogP contribution in [0.3, 0.4) is 0 Å². The molecule has 0 aromatic carbocycles. The summed E-state index contributed by atoms with van der Waals surface area (Å²) in [4.78, 5) is 9.94. The SMILES string of the molecule is CC(N)CCOC(N)=O.Cl. The minimum Gasteiger partial charge on any atom is -0.450 e. The van der Waals surface area contributed by atoms with E-state index in [0.29, 0.717) is 13.0 Å². The molecule has 0 bridgehead atoms. The van der Waals surface area contributed by atoms with E-state index in [1.807, 2.05) is 6.92 Å². The van der Waals surface area contributed by atoms with E-state index < -0.39 is 6.09 Å². The predicted octanol–water partition coefficient (Wildman–Crippen LogP) is 0.241. The summed E-state index contributed by atoms with van der Waals surface area (Å²) < 4.78 is 4.41. The van der Waals surface area contributed by atoms with Gasteiger partial charge in [-0.15, -0.1) is 12.4 Å². The number of hydrogen-bond acceptors (Lipinski definition) is 3. The minimum absolute atomic E-state index is 0. The molecule has 0 aliphatic rings. The summed E-state index contributed by atoms with van der Waals surface area (Å²) >= 11 is 0. The molecule has 4 nitrogen and oxygen atoms in total. The molecule has 0 aromatic heterocycles. The molecule has 10 heavy (non-hydrogen) atoms. The van der Waals surface area contributed by atoms with Crippen LogP contribution < -0.4 is 11.5 Å². The second-order valence-corrected chi connectivity index (χ2v) is 1.93. The molecule has 0 rings (SSSR count). The smallest absolute Gasteiger partial charge is 0.404 e. The van der Waals surface area contributed by atoms with E-state index in [4.69, 9.17) is 5.73 Å². The Morgan fingerprint density at radius 3 is 2.50 bits per heavy atom. The number of rotatable bonds is 3. The number of nitrogens with two attached hydrogens (primary N) is 2. The molecule has 0 spiro atoms. The standard InChI is InChI=1S/C5H12N2O2.ClH/c1-4(6)2-3-9-5(7)8;/h4H,2-3,6H2,1H3,(H2,7,8);1H. The van der Waals surface area contributed by atoms with E-state index in [1.54, 1.807) is 0 Å². The van der Waals surface area contributed by atoms with Crippen molar-refractivity contribution < 1.29 is 9.53 Å². The van der Waals surface area contributed by atoms with Gasteiger partial charge in [-0.3, -0.25) is 0 Å². The van der Waals surface area contributed by atoms with Crippen LogP contribution >= 0.6 is 12.4 Å². The maximum absolute atomic E-state index is 9.94. The molecule has 0 saturated carbocycles. The van der Waals surface area contributed by atoms with Crippen molar-refractivity contribution in [3.05, 3.63) is 0 Å². The summed E-state index contributed by atoms with van der Waals surface area (Å²) in [6.07, 6.45) is -0.0844. The van der Waals surface area contributed by atoms with Gasteiger partial charge in [-0.05, 0) is 13.3 Å². The molecule has 62 valence electrons. The highest BCUT2D eigenvalue weighted by Gasteiger charge is 1.95. The molecule has 1 amide bonds. The zero-order valence-corrected chi connectivity index (χ0v) is 6.69. The van der Waals surface area contributed by atoms with Crippen LogP contribution in [-0.4, -0.2) is 18.7 Å². The van der Waals surface area contributed by atoms with Crippen molar-refractivity contribution in [3.8, 4) is 0 Å². The quantitative estimate of drug-likeness (QED) is 0.634. The molecular formula is C5H13ClN2O2. The van der Waals surface area contributed by atoms with E-state index >= 15 is 0 Å². The van der Waals surface area contributed by atoms with Gasteiger partial charge in [0.05, 0.1) is 6.61 Å². The summed E-state index contributed by atoms with van der Waals surface area (Å²) in [6.45, 7) is 2.15. The van der Waals surface area contributed by atoms with Gasteiger partial charge in [-0.2, -0.15) is 0 Å². The summed E-state index contributed by atoms with van der Waals surface area (Å²) in [6, 6.07) is 0.0596. The average Bonchev–Trinajstić information content (AvgIpc) is 1.63. The third-order valence-electron chi connectivity index (χ3n) is 0.818. The molecule has 4 N–H and O–H groups in total. The number of hydrogen-bond donors (Lipinski definition) is 2. The Hall–Kier alpha value is -0.480. The maximum Gasteiger partial charge on any atom is 0.404 e. The first kappa shape index (κ1) is 12.2. The van der Waals surface area contributed by atoms with Crippen molar-refractivity contribution in [2.75, 3.05) is 6.61 Å². The molecule has 0 aliphatic carbocycles. The second-order valence-electron chi connectivity index (χ2n) is 1.93. The monoisotopic (exact) mass is 168 g/mol. The summed E-state index contributed by atoms with van der Waals surface area (Å²) in [5.41, 5.74) is 10.0. The first-order valence-corrected chi connectivity index (χ1v) is 2.80. The lowest BCUT2D eigenvalue weighted by Crippen LogP contribution is -2.20. The lowest BCUT2D eigenvalue weighted by molar-refractivity contribution is 0.153. The van der Waals surface area contributed by atoms with Gasteiger partial charge in [-0.1, -0.05) is 0 Å². The molecule has 0 aromatic rings. The van der Waals surface area contributed by atoms with Gasteiger partial charge in [0.25, 0.3) is 0 Å². The first-order chi connectivity index (χ1) is 4.13. The Balaban J connectivity index is 0. The van der Waals surface area contributed by atoms with Crippen molar-refractivity contribution in [1.82, 2.24) is 0 Å². The molecule has 5 heteroatoms. The van der Waals surface area contributed by atoms with Crippen LogP contribution in [0.2, 0.25) is 0 Å². The molecule has 0 heterocycles. The molecular weight excluding hydrogens is 156 g/mol. The molecule has 0 saturated heterocycles. The lowest BCUT2D eigenvalue weighted by atomic mass is 10.3. The van der Waals surface area contributed by atoms with Crippen molar-refractivity contribution in [1.29, 1.82) is 0 Å². The summed E-state index contributed by atoms with van der Waals surface area (Å²) in [7, 11) is 0. The highest BCUT2D eigenvalue weighted by Crippen LogP contribution is 1.85. The molecule has 0 aliphatic heterocycles. The highest BCUT2D eigenvalue weighted by molar-refractivity contribution is 5.85. The van der Waals surface area contributed by atoms with Gasteiger partial charge in [0.1, 0.15) is 0 Å². The van der Waals surface area contributed by atoms with Crippen molar-refractivity contribution in [2.24, 2.45) is 11.5 Å². The third-order valence-corrected chi connectivity index (χ3v) is 0.818. The zero-order valence-electron chi connectivity index (χ0n) is 5.87. The average molecular weight is 169 g/mol. The number of amides is 1. The van der Waals surface area contributed by atoms with Crippen molar-refractivity contribution in [2.45, 2.75) is 19.4 Å². The Morgan fingerprint density at radius 2 is 2.20 bits per heavy atom. The van der Waals surface area contributed by atoms with E-state index in [0.717, 1.165) is 0 Å². The fourth-order valence-corrected chi connectivity index (χ4v) is 0.345. The van der Waals surface area contributed by atoms with Crippen molar-refractivity contribution in [3.63, 3.8) is 0 Å². The molecule has 0 radical (unpaired) electrons. The topological polar surface area (TPSA) is 78.3 Å². The fraction of sp³-hybridized carbons (Fsp3) is 0.800. The normalized spacial score (nSPS) is 11.4. The van der Waals surface area contributed by atoms with E-state index in [2.05, 4.69) is 10.5 Å².